The van der Waals surface area contributed by atoms with E-state index in [0.29, 0.717) is 23.9 Å². The number of nitrogens with zero attached hydrogens (tertiary/aromatic N) is 1. The number of carbonyl (C=O) groups is 2. The topological polar surface area (TPSA) is 111 Å². The molecule has 10 heteroatoms. The number of phosphoric acid groups is 1. The molecule has 0 aromatic rings. The van der Waals surface area contributed by atoms with Gasteiger partial charge in [0.1, 0.15) is 19.3 Å². The normalized spacial score (nSPS) is 14.3. The fourth-order valence-corrected chi connectivity index (χ4v) is 8.43. The van der Waals surface area contributed by atoms with Crippen LogP contribution in [-0.2, 0) is 27.9 Å². The molecule has 67 heavy (non-hydrogen) atoms. The van der Waals surface area contributed by atoms with Crippen LogP contribution in [0.4, 0.5) is 0 Å². The summed E-state index contributed by atoms with van der Waals surface area (Å²) in [5.41, 5.74) is 0. The molecule has 3 unspecified atom stereocenters. The van der Waals surface area contributed by atoms with Gasteiger partial charge in [-0.25, -0.2) is 4.57 Å². The van der Waals surface area contributed by atoms with Crippen molar-refractivity contribution in [1.29, 1.82) is 0 Å². The summed E-state index contributed by atoms with van der Waals surface area (Å²) in [6, 6.07) is -0.862. The Hall–Kier alpha value is -2.29. The second-order valence-corrected chi connectivity index (χ2v) is 21.2. The molecule has 390 valence electrons. The van der Waals surface area contributed by atoms with E-state index >= 15 is 0 Å². The molecular weight excluding hydrogens is 856 g/mol. The van der Waals surface area contributed by atoms with Gasteiger partial charge in [0.15, 0.2) is 0 Å². The molecule has 0 saturated heterocycles. The van der Waals surface area contributed by atoms with Crippen LogP contribution >= 0.6 is 7.82 Å². The summed E-state index contributed by atoms with van der Waals surface area (Å²) >= 11 is 0. The maximum absolute atomic E-state index is 13.5. The number of likely N-dealkylation sites (N-methyl/N-ethyl adjacent to an activating group) is 1. The Kier molecular flexibility index (Phi) is 45.8. The summed E-state index contributed by atoms with van der Waals surface area (Å²) in [5, 5.41) is 3.02. The number of phosphoric ester groups is 1. The van der Waals surface area contributed by atoms with Gasteiger partial charge in [0.2, 0.25) is 5.91 Å². The molecule has 0 saturated carbocycles. The van der Waals surface area contributed by atoms with Crippen molar-refractivity contribution < 1.29 is 37.3 Å². The SMILES string of the molecule is CC/C=C/C/C=C/C/C=C/C/C=C/CCCCCC(=O)NC(COP(=O)(O)OCC[N+](C)(C)C)C(/C=C/CCCCCCCCCCC)OC(=O)CCCCCCCCCCCCCCCC. The highest BCUT2D eigenvalue weighted by molar-refractivity contribution is 7.47. The molecule has 3 atom stereocenters. The Bertz CT molecular complexity index is 1340. The van der Waals surface area contributed by atoms with Crippen LogP contribution in [0.2, 0.25) is 0 Å². The molecule has 0 fully saturated rings. The summed E-state index contributed by atoms with van der Waals surface area (Å²) < 4.78 is 30.5. The molecule has 1 amide bonds. The highest BCUT2D eigenvalue weighted by Gasteiger charge is 2.30. The van der Waals surface area contributed by atoms with Crippen molar-refractivity contribution in [2.45, 2.75) is 251 Å². The molecule has 0 rings (SSSR count). The molecule has 0 radical (unpaired) electrons. The van der Waals surface area contributed by atoms with E-state index < -0.39 is 20.0 Å². The number of rotatable bonds is 49. The summed E-state index contributed by atoms with van der Waals surface area (Å²) in [6.45, 7) is 6.86. The van der Waals surface area contributed by atoms with Crippen LogP contribution in [0.3, 0.4) is 0 Å². The lowest BCUT2D eigenvalue weighted by Crippen LogP contribution is -2.47. The predicted octanol–water partition coefficient (Wildman–Crippen LogP) is 16.3. The van der Waals surface area contributed by atoms with E-state index in [-0.39, 0.29) is 31.5 Å². The number of esters is 1. The van der Waals surface area contributed by atoms with Crippen molar-refractivity contribution in [1.82, 2.24) is 5.32 Å². The maximum Gasteiger partial charge on any atom is 0.472 e. The summed E-state index contributed by atoms with van der Waals surface area (Å²) in [4.78, 5) is 37.5. The Morgan fingerprint density at radius 1 is 0.537 bits per heavy atom. The third kappa shape index (κ3) is 48.5. The Labute approximate surface area is 413 Å². The summed E-state index contributed by atoms with van der Waals surface area (Å²) in [5.74, 6) is -0.540. The van der Waals surface area contributed by atoms with Gasteiger partial charge in [-0.05, 0) is 70.3 Å². The second kappa shape index (κ2) is 47.4. The largest absolute Gasteiger partial charge is 0.472 e. The summed E-state index contributed by atoms with van der Waals surface area (Å²) in [6.07, 6.45) is 57.8. The van der Waals surface area contributed by atoms with Crippen LogP contribution in [-0.4, -0.2) is 74.3 Å². The van der Waals surface area contributed by atoms with Gasteiger partial charge >= 0.3 is 13.8 Å². The van der Waals surface area contributed by atoms with Gasteiger partial charge in [0, 0.05) is 12.8 Å². The predicted molar refractivity (Wildman–Crippen MR) is 286 cm³/mol. The van der Waals surface area contributed by atoms with Crippen molar-refractivity contribution in [2.75, 3.05) is 40.9 Å². The zero-order valence-electron chi connectivity index (χ0n) is 44.4. The standard InChI is InChI=1S/C57H105N2O7P/c1-7-10-13-16-19-22-25-27-29-30-31-34-37-40-43-46-49-56(60)58-54(53-65-67(62,63)64-52-51-59(4,5)6)55(48-45-42-39-36-33-24-21-18-15-12-9-3)66-57(61)50-47-44-41-38-35-32-28-26-23-20-17-14-11-8-2/h10,13,19,22,27,29,31,34,45,48,54-55H,7-9,11-12,14-18,20-21,23-26,28,30,32-33,35-44,46-47,49-53H2,1-6H3,(H-,58,60,62,63)/p+1/b13-10+,22-19+,29-27+,34-31+,48-45+. The molecule has 0 aliphatic rings. The lowest BCUT2D eigenvalue weighted by Gasteiger charge is -2.27. The minimum atomic E-state index is -4.45. The number of hydrogen-bond donors (Lipinski definition) is 2. The van der Waals surface area contributed by atoms with E-state index in [9.17, 15) is 19.0 Å². The fraction of sp³-hybridized carbons (Fsp3) is 0.789. The molecule has 9 nitrogen and oxygen atoms in total. The fourth-order valence-electron chi connectivity index (χ4n) is 7.69. The third-order valence-electron chi connectivity index (χ3n) is 12.0. The molecule has 0 aliphatic heterocycles. The Morgan fingerprint density at radius 3 is 1.45 bits per heavy atom. The minimum Gasteiger partial charge on any atom is -0.456 e. The smallest absolute Gasteiger partial charge is 0.456 e. The minimum absolute atomic E-state index is 0.0332. The molecule has 2 N–H and O–H groups in total. The molecule has 0 aromatic heterocycles. The molecule has 0 heterocycles. The zero-order chi connectivity index (χ0) is 49.4. The van der Waals surface area contributed by atoms with Crippen molar-refractivity contribution in [3.63, 3.8) is 0 Å². The van der Waals surface area contributed by atoms with E-state index in [1.807, 2.05) is 33.3 Å². The van der Waals surface area contributed by atoms with Gasteiger partial charge in [-0.1, -0.05) is 217 Å². The lowest BCUT2D eigenvalue weighted by atomic mass is 10.0. The molecule has 0 aliphatic carbocycles. The first-order valence-corrected chi connectivity index (χ1v) is 29.1. The number of carbonyl (C=O) groups excluding carboxylic acids is 2. The van der Waals surface area contributed by atoms with E-state index in [0.717, 1.165) is 83.5 Å². The average molecular weight is 962 g/mol. The number of quaternary nitrogens is 1. The van der Waals surface area contributed by atoms with Gasteiger partial charge in [-0.3, -0.25) is 18.6 Å². The van der Waals surface area contributed by atoms with Gasteiger partial charge in [-0.15, -0.1) is 0 Å². The van der Waals surface area contributed by atoms with Gasteiger partial charge in [0.05, 0.1) is 33.8 Å². The van der Waals surface area contributed by atoms with Crippen molar-refractivity contribution in [2.24, 2.45) is 0 Å². The maximum atomic E-state index is 13.5. The van der Waals surface area contributed by atoms with E-state index in [2.05, 4.69) is 74.7 Å². The number of ether oxygens (including phenoxy) is 1. The first kappa shape index (κ1) is 64.7. The van der Waals surface area contributed by atoms with Crippen LogP contribution in [0, 0.1) is 0 Å². The summed E-state index contributed by atoms with van der Waals surface area (Å²) in [7, 11) is 1.47. The van der Waals surface area contributed by atoms with E-state index in [1.54, 1.807) is 0 Å². The monoisotopic (exact) mass is 962 g/mol. The third-order valence-corrected chi connectivity index (χ3v) is 13.0. The van der Waals surface area contributed by atoms with Crippen LogP contribution < -0.4 is 5.32 Å². The van der Waals surface area contributed by atoms with Crippen molar-refractivity contribution in [3.05, 3.63) is 60.8 Å². The van der Waals surface area contributed by atoms with Crippen molar-refractivity contribution >= 4 is 19.7 Å². The van der Waals surface area contributed by atoms with Crippen LogP contribution in [0.1, 0.15) is 239 Å². The lowest BCUT2D eigenvalue weighted by molar-refractivity contribution is -0.870. The van der Waals surface area contributed by atoms with Gasteiger partial charge < -0.3 is 19.4 Å². The van der Waals surface area contributed by atoms with Crippen LogP contribution in [0.25, 0.3) is 0 Å². The van der Waals surface area contributed by atoms with Crippen molar-refractivity contribution in [3.8, 4) is 0 Å². The van der Waals surface area contributed by atoms with Gasteiger partial charge in [-0.2, -0.15) is 0 Å². The number of amides is 1. The number of nitrogens with one attached hydrogen (secondary N) is 1. The first-order chi connectivity index (χ1) is 32.4. The zero-order valence-corrected chi connectivity index (χ0v) is 45.3. The Morgan fingerprint density at radius 2 is 0.955 bits per heavy atom. The molecule has 0 aromatic carbocycles. The molecule has 0 bridgehead atoms. The first-order valence-electron chi connectivity index (χ1n) is 27.6. The van der Waals surface area contributed by atoms with E-state index in [4.69, 9.17) is 13.8 Å². The molecule has 0 spiro atoms. The highest BCUT2D eigenvalue weighted by atomic mass is 31.2. The number of allylic oxidation sites excluding steroid dienone is 9. The number of unbranched alkanes of at least 4 members (excludes halogenated alkanes) is 25. The van der Waals surface area contributed by atoms with Crippen LogP contribution in [0.15, 0.2) is 60.8 Å². The van der Waals surface area contributed by atoms with Gasteiger partial charge in [0.25, 0.3) is 0 Å². The second-order valence-electron chi connectivity index (χ2n) is 19.7. The average Bonchev–Trinajstić information content (AvgIpc) is 3.28. The quantitative estimate of drug-likeness (QED) is 0.0205. The van der Waals surface area contributed by atoms with Crippen LogP contribution in [0.5, 0.6) is 0 Å². The number of hydrogen-bond acceptors (Lipinski definition) is 6. The Balaban J connectivity index is 5.41. The molecular formula is C57H106N2O7P+. The highest BCUT2D eigenvalue weighted by Crippen LogP contribution is 2.43. The van der Waals surface area contributed by atoms with E-state index in [1.165, 1.54) is 116 Å².